The molecule has 5 nitrogen and oxygen atoms in total. The Morgan fingerprint density at radius 2 is 1.89 bits per heavy atom. The van der Waals surface area contributed by atoms with E-state index >= 15 is 0 Å². The molecule has 6 heteroatoms. The van der Waals surface area contributed by atoms with E-state index in [0.717, 1.165) is 38.7 Å². The number of hydrogen-bond acceptors (Lipinski definition) is 5. The van der Waals surface area contributed by atoms with Crippen molar-refractivity contribution >= 4 is 17.2 Å². The second kappa shape index (κ2) is 7.64. The SMILES string of the molecule is COc1ccc(-c2nc3c(s2)CN(C(=O)c2ccccc2C)CC3)cc1OC. The minimum Gasteiger partial charge on any atom is -0.493 e. The van der Waals surface area contributed by atoms with Gasteiger partial charge in [0, 0.05) is 29.0 Å². The minimum absolute atomic E-state index is 0.0878. The van der Waals surface area contributed by atoms with Gasteiger partial charge in [0.05, 0.1) is 26.5 Å². The quantitative estimate of drug-likeness (QED) is 0.661. The van der Waals surface area contributed by atoms with E-state index in [1.54, 1.807) is 25.6 Å². The molecule has 0 spiro atoms. The summed E-state index contributed by atoms with van der Waals surface area (Å²) in [5, 5.41) is 0.941. The summed E-state index contributed by atoms with van der Waals surface area (Å²) in [7, 11) is 3.25. The van der Waals surface area contributed by atoms with Gasteiger partial charge in [-0.25, -0.2) is 4.98 Å². The smallest absolute Gasteiger partial charge is 0.254 e. The molecule has 0 radical (unpaired) electrons. The highest BCUT2D eigenvalue weighted by Crippen LogP contribution is 2.36. The summed E-state index contributed by atoms with van der Waals surface area (Å²) in [5.74, 6) is 1.47. The Bertz CT molecular complexity index is 1030. The van der Waals surface area contributed by atoms with Gasteiger partial charge in [-0.3, -0.25) is 4.79 Å². The van der Waals surface area contributed by atoms with Crippen molar-refractivity contribution in [3.63, 3.8) is 0 Å². The molecule has 28 heavy (non-hydrogen) atoms. The van der Waals surface area contributed by atoms with Crippen molar-refractivity contribution in [1.29, 1.82) is 0 Å². The molecule has 0 atom stereocenters. The number of carbonyl (C=O) groups excluding carboxylic acids is 1. The number of thiazole rings is 1. The molecule has 1 aliphatic rings. The van der Waals surface area contributed by atoms with E-state index in [2.05, 4.69) is 0 Å². The Hall–Kier alpha value is -2.86. The standard InChI is InChI=1S/C22H22N2O3S/c1-14-6-4-5-7-16(14)22(25)24-11-10-17-20(13-24)28-21(23-17)15-8-9-18(26-2)19(12-15)27-3/h4-9,12H,10-11,13H2,1-3H3. The first-order chi connectivity index (χ1) is 13.6. The number of ether oxygens (including phenoxy) is 2. The summed E-state index contributed by atoms with van der Waals surface area (Å²) in [6.45, 7) is 3.27. The predicted molar refractivity (Wildman–Crippen MR) is 110 cm³/mol. The minimum atomic E-state index is 0.0878. The van der Waals surface area contributed by atoms with Crippen LogP contribution in [0.3, 0.4) is 0 Å². The molecular formula is C22H22N2O3S. The van der Waals surface area contributed by atoms with E-state index in [0.29, 0.717) is 24.6 Å². The van der Waals surface area contributed by atoms with Crippen LogP contribution in [0.2, 0.25) is 0 Å². The predicted octanol–water partition coefficient (Wildman–Crippen LogP) is 4.33. The van der Waals surface area contributed by atoms with Crippen LogP contribution in [0.1, 0.15) is 26.5 Å². The molecule has 2 aromatic carbocycles. The van der Waals surface area contributed by atoms with Gasteiger partial charge in [0.25, 0.3) is 5.91 Å². The summed E-state index contributed by atoms with van der Waals surface area (Å²) >= 11 is 1.64. The Balaban J connectivity index is 1.59. The zero-order valence-corrected chi connectivity index (χ0v) is 17.0. The first-order valence-corrected chi connectivity index (χ1v) is 9.98. The van der Waals surface area contributed by atoms with Crippen molar-refractivity contribution in [3.05, 3.63) is 64.2 Å². The molecule has 0 fully saturated rings. The summed E-state index contributed by atoms with van der Waals surface area (Å²) in [6.07, 6.45) is 0.775. The molecule has 3 aromatic rings. The molecule has 144 valence electrons. The first kappa shape index (κ1) is 18.5. The average molecular weight is 394 g/mol. The van der Waals surface area contributed by atoms with Crippen LogP contribution in [0.25, 0.3) is 10.6 Å². The third-order valence-electron chi connectivity index (χ3n) is 5.02. The van der Waals surface area contributed by atoms with Crippen LogP contribution in [-0.2, 0) is 13.0 Å². The number of aryl methyl sites for hydroxylation is 1. The molecule has 2 heterocycles. The Morgan fingerprint density at radius 1 is 1.11 bits per heavy atom. The number of benzene rings is 2. The number of hydrogen-bond donors (Lipinski definition) is 0. The third-order valence-corrected chi connectivity index (χ3v) is 6.16. The van der Waals surface area contributed by atoms with E-state index in [9.17, 15) is 4.79 Å². The van der Waals surface area contributed by atoms with Crippen LogP contribution in [0.5, 0.6) is 11.5 Å². The fraction of sp³-hybridized carbons (Fsp3) is 0.273. The molecule has 0 aliphatic carbocycles. The maximum atomic E-state index is 12.9. The van der Waals surface area contributed by atoms with E-state index in [1.807, 2.05) is 54.3 Å². The summed E-state index contributed by atoms with van der Waals surface area (Å²) in [6, 6.07) is 13.6. The highest BCUT2D eigenvalue weighted by molar-refractivity contribution is 7.15. The van der Waals surface area contributed by atoms with E-state index in [-0.39, 0.29) is 5.91 Å². The number of carbonyl (C=O) groups is 1. The van der Waals surface area contributed by atoms with Crippen molar-refractivity contribution in [2.45, 2.75) is 19.9 Å². The van der Waals surface area contributed by atoms with Gasteiger partial charge in [-0.15, -0.1) is 11.3 Å². The Labute approximate surface area is 168 Å². The Morgan fingerprint density at radius 3 is 2.64 bits per heavy atom. The fourth-order valence-electron chi connectivity index (χ4n) is 3.44. The van der Waals surface area contributed by atoms with Gasteiger partial charge in [-0.05, 0) is 36.8 Å². The van der Waals surface area contributed by atoms with E-state index in [4.69, 9.17) is 14.5 Å². The van der Waals surface area contributed by atoms with Crippen molar-refractivity contribution in [3.8, 4) is 22.1 Å². The van der Waals surface area contributed by atoms with Gasteiger partial charge in [-0.2, -0.15) is 0 Å². The van der Waals surface area contributed by atoms with Crippen LogP contribution in [0.15, 0.2) is 42.5 Å². The number of rotatable bonds is 4. The molecule has 0 saturated carbocycles. The van der Waals surface area contributed by atoms with Gasteiger partial charge in [0.15, 0.2) is 11.5 Å². The van der Waals surface area contributed by atoms with Crippen LogP contribution < -0.4 is 9.47 Å². The summed E-state index contributed by atoms with van der Waals surface area (Å²) in [4.78, 5) is 20.8. The van der Waals surface area contributed by atoms with Crippen molar-refractivity contribution in [1.82, 2.24) is 9.88 Å². The van der Waals surface area contributed by atoms with Gasteiger partial charge >= 0.3 is 0 Å². The molecule has 4 rings (SSSR count). The maximum Gasteiger partial charge on any atom is 0.254 e. The maximum absolute atomic E-state index is 12.9. The van der Waals surface area contributed by atoms with E-state index < -0.39 is 0 Å². The molecule has 0 unspecified atom stereocenters. The second-order valence-corrected chi connectivity index (χ2v) is 7.83. The van der Waals surface area contributed by atoms with Gasteiger partial charge in [0.2, 0.25) is 0 Å². The largest absolute Gasteiger partial charge is 0.493 e. The zero-order valence-electron chi connectivity index (χ0n) is 16.2. The third kappa shape index (κ3) is 3.36. The number of nitrogens with zero attached hydrogens (tertiary/aromatic N) is 2. The van der Waals surface area contributed by atoms with Gasteiger partial charge in [-0.1, -0.05) is 18.2 Å². The molecule has 0 bridgehead atoms. The lowest BCUT2D eigenvalue weighted by Gasteiger charge is -2.26. The van der Waals surface area contributed by atoms with Crippen molar-refractivity contribution < 1.29 is 14.3 Å². The van der Waals surface area contributed by atoms with Gasteiger partial charge < -0.3 is 14.4 Å². The van der Waals surface area contributed by atoms with Crippen molar-refractivity contribution in [2.24, 2.45) is 0 Å². The highest BCUT2D eigenvalue weighted by atomic mass is 32.1. The zero-order chi connectivity index (χ0) is 19.7. The topological polar surface area (TPSA) is 51.7 Å². The molecule has 0 saturated heterocycles. The number of methoxy groups -OCH3 is 2. The number of fused-ring (bicyclic) bond motifs is 1. The first-order valence-electron chi connectivity index (χ1n) is 9.16. The summed E-state index contributed by atoms with van der Waals surface area (Å²) in [5.41, 5.74) is 3.86. The molecule has 1 aliphatic heterocycles. The number of aromatic nitrogens is 1. The van der Waals surface area contributed by atoms with Crippen molar-refractivity contribution in [2.75, 3.05) is 20.8 Å². The molecule has 0 N–H and O–H groups in total. The average Bonchev–Trinajstić information content (AvgIpc) is 3.16. The van der Waals surface area contributed by atoms with Crippen LogP contribution in [0, 0.1) is 6.92 Å². The monoisotopic (exact) mass is 394 g/mol. The molecular weight excluding hydrogens is 372 g/mol. The van der Waals surface area contributed by atoms with E-state index in [1.165, 1.54) is 0 Å². The normalized spacial score (nSPS) is 13.2. The second-order valence-electron chi connectivity index (χ2n) is 6.75. The lowest BCUT2D eigenvalue weighted by molar-refractivity contribution is 0.0735. The summed E-state index contributed by atoms with van der Waals surface area (Å²) < 4.78 is 10.7. The Kier molecular flexibility index (Phi) is 5.05. The van der Waals surface area contributed by atoms with Gasteiger partial charge in [0.1, 0.15) is 5.01 Å². The van der Waals surface area contributed by atoms with Crippen LogP contribution in [-0.4, -0.2) is 36.6 Å². The fourth-order valence-corrected chi connectivity index (χ4v) is 4.56. The lowest BCUT2D eigenvalue weighted by atomic mass is 10.1. The highest BCUT2D eigenvalue weighted by Gasteiger charge is 2.26. The lowest BCUT2D eigenvalue weighted by Crippen LogP contribution is -2.35. The number of amides is 1. The molecule has 1 amide bonds. The van der Waals surface area contributed by atoms with Crippen LogP contribution >= 0.6 is 11.3 Å². The molecule has 1 aromatic heterocycles. The van der Waals surface area contributed by atoms with Crippen LogP contribution in [0.4, 0.5) is 0 Å².